The van der Waals surface area contributed by atoms with Crippen LogP contribution in [0, 0.1) is 6.92 Å². The van der Waals surface area contributed by atoms with Gasteiger partial charge < -0.3 is 19.6 Å². The van der Waals surface area contributed by atoms with Crippen LogP contribution < -0.4 is 5.32 Å². The first-order valence-electron chi connectivity index (χ1n) is 13.3. The molecule has 220 valence electrons. The molecule has 4 aromatic rings. The number of aliphatic hydroxyl groups is 1. The number of aromatic nitrogens is 2. The summed E-state index contributed by atoms with van der Waals surface area (Å²) < 4.78 is 12.1. The summed E-state index contributed by atoms with van der Waals surface area (Å²) >= 11 is 4.32. The number of furan rings is 1. The number of β-lactam (4-membered cyclic amide) rings is 1. The highest BCUT2D eigenvalue weighted by Crippen LogP contribution is 2.43. The Morgan fingerprint density at radius 1 is 1.09 bits per heavy atom. The minimum atomic E-state index is -1.56. The largest absolute Gasteiger partial charge is 0.466 e. The van der Waals surface area contributed by atoms with Gasteiger partial charge in [-0.05, 0) is 35.8 Å². The smallest absolute Gasteiger partial charge is 0.356 e. The number of thioether (sulfide) groups is 2. The van der Waals surface area contributed by atoms with Crippen LogP contribution in [0.15, 0.2) is 99.1 Å². The molecule has 3 atom stereocenters. The van der Waals surface area contributed by atoms with Gasteiger partial charge in [0.1, 0.15) is 27.9 Å². The highest BCUT2D eigenvalue weighted by molar-refractivity contribution is 8.01. The van der Waals surface area contributed by atoms with Crippen LogP contribution in [0.25, 0.3) is 0 Å². The van der Waals surface area contributed by atoms with Crippen molar-refractivity contribution in [2.75, 3.05) is 11.5 Å². The van der Waals surface area contributed by atoms with E-state index < -0.39 is 41.4 Å². The summed E-state index contributed by atoms with van der Waals surface area (Å²) in [7, 11) is 0. The number of esters is 1. The van der Waals surface area contributed by atoms with Crippen LogP contribution >= 0.6 is 34.9 Å². The molecule has 1 fully saturated rings. The maximum atomic E-state index is 14.1. The van der Waals surface area contributed by atoms with E-state index >= 15 is 0 Å². The van der Waals surface area contributed by atoms with Crippen molar-refractivity contribution < 1.29 is 28.6 Å². The van der Waals surface area contributed by atoms with Gasteiger partial charge >= 0.3 is 5.97 Å². The van der Waals surface area contributed by atoms with Crippen LogP contribution in [-0.4, -0.2) is 60.9 Å². The quantitative estimate of drug-likeness (QED) is 0.148. The summed E-state index contributed by atoms with van der Waals surface area (Å²) in [6.07, 6.45) is -0.918. The fourth-order valence-corrected chi connectivity index (χ4v) is 8.12. The molecular weight excluding hydrogens is 609 g/mol. The summed E-state index contributed by atoms with van der Waals surface area (Å²) in [5.74, 6) is -0.963. The number of benzene rings is 2. The molecule has 0 bridgehead atoms. The summed E-state index contributed by atoms with van der Waals surface area (Å²) in [5, 5.41) is 21.5. The maximum Gasteiger partial charge on any atom is 0.356 e. The minimum absolute atomic E-state index is 0.0701. The molecule has 0 unspecified atom stereocenters. The second-order valence-electron chi connectivity index (χ2n) is 9.75. The number of hydrogen-bond donors (Lipinski definition) is 2. The van der Waals surface area contributed by atoms with Crippen molar-refractivity contribution in [3.05, 3.63) is 112 Å². The molecule has 0 aliphatic carbocycles. The van der Waals surface area contributed by atoms with Gasteiger partial charge in [0, 0.05) is 11.5 Å². The molecule has 10 nitrogen and oxygen atoms in total. The molecule has 0 saturated carbocycles. The van der Waals surface area contributed by atoms with Crippen LogP contribution in [0.1, 0.15) is 34.1 Å². The first kappa shape index (κ1) is 29.2. The number of ether oxygens (including phenoxy) is 1. The Bertz CT molecular complexity index is 1610. The van der Waals surface area contributed by atoms with Gasteiger partial charge in [-0.15, -0.1) is 22.0 Å². The molecule has 0 radical (unpaired) electrons. The molecule has 2 amide bonds. The number of fused-ring (bicyclic) bond motifs is 1. The number of amides is 2. The molecular formula is C30H26N4O6S3. The standard InChI is InChI=1S/C30H26N4O6S3/c1-17-32-33-30(43-17)42-16-20-15-41-28-22(31-26(36)24(35)21-13-8-14-39-21)27(37)34(28)23(20)29(38)40-25(18-9-4-2-5-10-18)19-11-6-3-7-12-19/h2-14,22,24-25,28,35H,15-16H2,1H3,(H,31,36)/t22-,24+,28-/m1/s1. The molecule has 4 heterocycles. The predicted molar refractivity (Wildman–Crippen MR) is 162 cm³/mol. The summed E-state index contributed by atoms with van der Waals surface area (Å²) in [4.78, 5) is 41.7. The van der Waals surface area contributed by atoms with Crippen LogP contribution in [0.5, 0.6) is 0 Å². The van der Waals surface area contributed by atoms with Gasteiger partial charge in [-0.3, -0.25) is 14.5 Å². The van der Waals surface area contributed by atoms with E-state index in [1.165, 1.54) is 52.1 Å². The lowest BCUT2D eigenvalue weighted by molar-refractivity contribution is -0.155. The Labute approximate surface area is 259 Å². The molecule has 43 heavy (non-hydrogen) atoms. The monoisotopic (exact) mass is 634 g/mol. The molecule has 2 aromatic heterocycles. The van der Waals surface area contributed by atoms with Gasteiger partial charge in [-0.25, -0.2) is 4.79 Å². The number of carbonyl (C=O) groups excluding carboxylic acids is 3. The van der Waals surface area contributed by atoms with Gasteiger partial charge in [-0.1, -0.05) is 83.8 Å². The zero-order valence-electron chi connectivity index (χ0n) is 22.8. The van der Waals surface area contributed by atoms with Crippen molar-refractivity contribution in [2.45, 2.75) is 34.9 Å². The number of nitrogens with zero attached hydrogens (tertiary/aromatic N) is 3. The van der Waals surface area contributed by atoms with E-state index in [0.29, 0.717) is 11.5 Å². The first-order valence-corrected chi connectivity index (χ1v) is 16.2. The lowest BCUT2D eigenvalue weighted by Crippen LogP contribution is -2.71. The normalized spacial score (nSPS) is 18.7. The first-order chi connectivity index (χ1) is 20.9. The molecule has 2 aliphatic rings. The Balaban J connectivity index is 1.28. The van der Waals surface area contributed by atoms with Crippen LogP contribution in [0.3, 0.4) is 0 Å². The van der Waals surface area contributed by atoms with E-state index in [-0.39, 0.29) is 11.5 Å². The Kier molecular flexibility index (Phi) is 8.66. The topological polar surface area (TPSA) is 135 Å². The third-order valence-electron chi connectivity index (χ3n) is 6.91. The summed E-state index contributed by atoms with van der Waals surface area (Å²) in [6, 6.07) is 20.9. The fourth-order valence-electron chi connectivity index (χ4n) is 4.82. The maximum absolute atomic E-state index is 14.1. The van der Waals surface area contributed by atoms with Crippen LogP contribution in [0.4, 0.5) is 0 Å². The summed E-state index contributed by atoms with van der Waals surface area (Å²) in [6.45, 7) is 1.87. The number of nitrogens with one attached hydrogen (secondary N) is 1. The van der Waals surface area contributed by atoms with Crippen molar-refractivity contribution in [2.24, 2.45) is 0 Å². The molecule has 6 rings (SSSR count). The van der Waals surface area contributed by atoms with E-state index in [2.05, 4.69) is 15.5 Å². The van der Waals surface area contributed by atoms with Gasteiger partial charge in [0.25, 0.3) is 11.8 Å². The number of rotatable bonds is 10. The number of carbonyl (C=O) groups is 3. The van der Waals surface area contributed by atoms with Crippen molar-refractivity contribution >= 4 is 52.6 Å². The van der Waals surface area contributed by atoms with Gasteiger partial charge in [0.15, 0.2) is 16.5 Å². The lowest BCUT2D eigenvalue weighted by Gasteiger charge is -2.50. The number of aryl methyl sites for hydroxylation is 1. The van der Waals surface area contributed by atoms with Crippen LogP contribution in [-0.2, 0) is 19.1 Å². The van der Waals surface area contributed by atoms with E-state index in [0.717, 1.165) is 26.0 Å². The average Bonchev–Trinajstić information content (AvgIpc) is 3.73. The highest BCUT2D eigenvalue weighted by Gasteiger charge is 2.55. The molecule has 0 spiro atoms. The molecule has 2 aliphatic heterocycles. The number of aliphatic hydroxyl groups excluding tert-OH is 1. The van der Waals surface area contributed by atoms with E-state index in [9.17, 15) is 19.5 Å². The predicted octanol–water partition coefficient (Wildman–Crippen LogP) is 4.25. The zero-order valence-corrected chi connectivity index (χ0v) is 25.2. The minimum Gasteiger partial charge on any atom is -0.466 e. The van der Waals surface area contributed by atoms with E-state index in [1.54, 1.807) is 6.07 Å². The third kappa shape index (κ3) is 6.11. The third-order valence-corrected chi connectivity index (χ3v) is 10.3. The van der Waals surface area contributed by atoms with Crippen molar-refractivity contribution in [3.8, 4) is 0 Å². The van der Waals surface area contributed by atoms with Crippen molar-refractivity contribution in [1.29, 1.82) is 0 Å². The van der Waals surface area contributed by atoms with Crippen molar-refractivity contribution in [3.63, 3.8) is 0 Å². The SMILES string of the molecule is Cc1nnc(SCC2=C(C(=O)OC(c3ccccc3)c3ccccc3)N3C(=O)[C@@H](NC(=O)[C@@H](O)c4ccco4)[C@H]3SC2)s1. The lowest BCUT2D eigenvalue weighted by atomic mass is 10.0. The molecule has 2 aromatic carbocycles. The Morgan fingerprint density at radius 2 is 1.79 bits per heavy atom. The fraction of sp³-hybridized carbons (Fsp3) is 0.233. The van der Waals surface area contributed by atoms with Crippen LogP contribution in [0.2, 0.25) is 0 Å². The van der Waals surface area contributed by atoms with Gasteiger partial charge in [0.05, 0.1) is 6.26 Å². The Morgan fingerprint density at radius 3 is 2.40 bits per heavy atom. The number of hydrogen-bond acceptors (Lipinski definition) is 11. The Hall–Kier alpha value is -3.91. The summed E-state index contributed by atoms with van der Waals surface area (Å²) in [5.41, 5.74) is 2.46. The van der Waals surface area contributed by atoms with Gasteiger partial charge in [0.2, 0.25) is 0 Å². The van der Waals surface area contributed by atoms with E-state index in [4.69, 9.17) is 9.15 Å². The molecule has 1 saturated heterocycles. The van der Waals surface area contributed by atoms with Crippen molar-refractivity contribution in [1.82, 2.24) is 20.4 Å². The zero-order chi connectivity index (χ0) is 29.9. The highest BCUT2D eigenvalue weighted by atomic mass is 32.2. The van der Waals surface area contributed by atoms with E-state index in [1.807, 2.05) is 67.6 Å². The molecule has 2 N–H and O–H groups in total. The second-order valence-corrected chi connectivity index (χ2v) is 13.3. The second kappa shape index (κ2) is 12.8. The average molecular weight is 635 g/mol. The molecule has 13 heteroatoms. The van der Waals surface area contributed by atoms with Gasteiger partial charge in [-0.2, -0.15) is 0 Å².